The number of ether oxygens (including phenoxy) is 2. The minimum Gasteiger partial charge on any atom is -0.497 e. The van der Waals surface area contributed by atoms with Crippen molar-refractivity contribution in [3.05, 3.63) is 71.4 Å². The summed E-state index contributed by atoms with van der Waals surface area (Å²) in [6, 6.07) is 17.5. The summed E-state index contributed by atoms with van der Waals surface area (Å²) in [5.41, 5.74) is 4.09. The predicted molar refractivity (Wildman–Crippen MR) is 130 cm³/mol. The minimum atomic E-state index is -0.418. The van der Waals surface area contributed by atoms with Crippen molar-refractivity contribution in [3.63, 3.8) is 0 Å². The first-order valence-electron chi connectivity index (χ1n) is 11.8. The molecular weight excluding hydrogens is 430 g/mol. The molecule has 0 N–H and O–H groups in total. The molecule has 1 saturated heterocycles. The van der Waals surface area contributed by atoms with Gasteiger partial charge in [0.05, 0.1) is 25.5 Å². The number of piperidine rings is 1. The molecule has 3 aromatic rings. The molecule has 0 bridgehead atoms. The van der Waals surface area contributed by atoms with E-state index in [9.17, 15) is 9.59 Å². The molecule has 0 unspecified atom stereocenters. The maximum atomic E-state index is 13.0. The van der Waals surface area contributed by atoms with Gasteiger partial charge in [-0.3, -0.25) is 9.48 Å². The van der Waals surface area contributed by atoms with Gasteiger partial charge in [-0.15, -0.1) is 0 Å². The Morgan fingerprint density at radius 3 is 2.41 bits per heavy atom. The van der Waals surface area contributed by atoms with Crippen LogP contribution in [0, 0.1) is 0 Å². The summed E-state index contributed by atoms with van der Waals surface area (Å²) in [4.78, 5) is 27.3. The van der Waals surface area contributed by atoms with Gasteiger partial charge in [0.15, 0.2) is 5.69 Å². The molecule has 0 aliphatic carbocycles. The number of methoxy groups -OCH3 is 1. The number of amides is 1. The number of hydrogen-bond donors (Lipinski definition) is 0. The van der Waals surface area contributed by atoms with Crippen LogP contribution in [0.4, 0.5) is 0 Å². The van der Waals surface area contributed by atoms with E-state index < -0.39 is 5.97 Å². The smallest absolute Gasteiger partial charge is 0.358 e. The average molecular weight is 462 g/mol. The van der Waals surface area contributed by atoms with Gasteiger partial charge in [0, 0.05) is 18.7 Å². The van der Waals surface area contributed by atoms with E-state index in [0.29, 0.717) is 36.7 Å². The van der Waals surface area contributed by atoms with Gasteiger partial charge in [0.1, 0.15) is 5.75 Å². The fourth-order valence-corrected chi connectivity index (χ4v) is 4.36. The molecule has 1 aliphatic rings. The second-order valence-electron chi connectivity index (χ2n) is 8.39. The largest absolute Gasteiger partial charge is 0.497 e. The summed E-state index contributed by atoms with van der Waals surface area (Å²) in [6.45, 7) is 5.44. The Labute approximate surface area is 200 Å². The molecule has 4 rings (SSSR count). The van der Waals surface area contributed by atoms with Crippen molar-refractivity contribution in [2.75, 3.05) is 26.8 Å². The van der Waals surface area contributed by atoms with Gasteiger partial charge >= 0.3 is 5.97 Å². The third-order valence-corrected chi connectivity index (χ3v) is 6.29. The molecule has 178 valence electrons. The molecule has 1 aromatic heterocycles. The Kier molecular flexibility index (Phi) is 7.30. The van der Waals surface area contributed by atoms with E-state index in [4.69, 9.17) is 9.47 Å². The number of benzene rings is 2. The number of likely N-dealkylation sites (tertiary alicyclic amines) is 1. The summed E-state index contributed by atoms with van der Waals surface area (Å²) >= 11 is 0. The van der Waals surface area contributed by atoms with Crippen LogP contribution in [0.1, 0.15) is 59.1 Å². The Morgan fingerprint density at radius 1 is 1.03 bits per heavy atom. The van der Waals surface area contributed by atoms with Crippen LogP contribution in [0.25, 0.3) is 11.3 Å². The van der Waals surface area contributed by atoms with E-state index in [1.165, 1.54) is 5.56 Å². The molecule has 1 amide bonds. The average Bonchev–Trinajstić information content (AvgIpc) is 3.34. The van der Waals surface area contributed by atoms with Gasteiger partial charge in [-0.05, 0) is 61.6 Å². The quantitative estimate of drug-likeness (QED) is 0.474. The van der Waals surface area contributed by atoms with Crippen LogP contribution in [0.5, 0.6) is 5.75 Å². The summed E-state index contributed by atoms with van der Waals surface area (Å²) in [5, 5.41) is 4.64. The first kappa shape index (κ1) is 23.5. The van der Waals surface area contributed by atoms with E-state index in [0.717, 1.165) is 30.5 Å². The number of rotatable bonds is 7. The van der Waals surface area contributed by atoms with Crippen LogP contribution in [0.3, 0.4) is 0 Å². The molecule has 7 nitrogen and oxygen atoms in total. The van der Waals surface area contributed by atoms with E-state index in [1.807, 2.05) is 33.8 Å². The van der Waals surface area contributed by atoms with Gasteiger partial charge in [-0.2, -0.15) is 5.10 Å². The lowest BCUT2D eigenvalue weighted by atomic mass is 10.0. The molecule has 1 aliphatic heterocycles. The van der Waals surface area contributed by atoms with Crippen molar-refractivity contribution in [1.29, 1.82) is 0 Å². The number of nitrogens with zero attached hydrogens (tertiary/aromatic N) is 3. The zero-order valence-electron chi connectivity index (χ0n) is 20.0. The van der Waals surface area contributed by atoms with Gasteiger partial charge in [0.25, 0.3) is 5.91 Å². The maximum Gasteiger partial charge on any atom is 0.358 e. The highest BCUT2D eigenvalue weighted by molar-refractivity contribution is 5.94. The second-order valence-corrected chi connectivity index (χ2v) is 8.39. The number of carbonyl (C=O) groups is 2. The van der Waals surface area contributed by atoms with Crippen molar-refractivity contribution >= 4 is 11.9 Å². The number of hydrogen-bond acceptors (Lipinski definition) is 5. The predicted octanol–water partition coefficient (Wildman–Crippen LogP) is 4.78. The summed E-state index contributed by atoms with van der Waals surface area (Å²) < 4.78 is 12.4. The number of aromatic nitrogens is 2. The fourth-order valence-electron chi connectivity index (χ4n) is 4.36. The molecule has 2 heterocycles. The van der Waals surface area contributed by atoms with E-state index in [-0.39, 0.29) is 11.9 Å². The highest BCUT2D eigenvalue weighted by atomic mass is 16.5. The summed E-state index contributed by atoms with van der Waals surface area (Å²) in [7, 11) is 1.59. The molecular formula is C27H31N3O4. The number of aryl methyl sites for hydroxylation is 1. The van der Waals surface area contributed by atoms with Crippen LogP contribution < -0.4 is 4.74 Å². The first-order valence-corrected chi connectivity index (χ1v) is 11.8. The van der Waals surface area contributed by atoms with Crippen LogP contribution >= 0.6 is 0 Å². The standard InChI is InChI=1S/C27H31N3O4/c1-4-19-9-11-20(12-10-19)25-18-24(27(32)34-5-2)28-30(25)22-13-15-29(16-14-22)26(31)21-7-6-8-23(17-21)33-3/h6-12,17-18,22H,4-5,13-16H2,1-3H3. The summed E-state index contributed by atoms with van der Waals surface area (Å²) in [5.74, 6) is 0.251. The topological polar surface area (TPSA) is 73.7 Å². The normalized spacial score (nSPS) is 14.1. The minimum absolute atomic E-state index is 0.000376. The van der Waals surface area contributed by atoms with Crippen molar-refractivity contribution in [2.45, 2.75) is 39.2 Å². The van der Waals surface area contributed by atoms with Gasteiger partial charge in [-0.25, -0.2) is 4.79 Å². The van der Waals surface area contributed by atoms with E-state index in [2.05, 4.69) is 36.3 Å². The lowest BCUT2D eigenvalue weighted by Crippen LogP contribution is -2.39. The Bertz CT molecular complexity index is 1140. The maximum absolute atomic E-state index is 13.0. The van der Waals surface area contributed by atoms with E-state index in [1.54, 1.807) is 20.1 Å². The van der Waals surface area contributed by atoms with Crippen LogP contribution in [0.2, 0.25) is 0 Å². The third kappa shape index (κ3) is 4.98. The molecule has 34 heavy (non-hydrogen) atoms. The van der Waals surface area contributed by atoms with E-state index >= 15 is 0 Å². The lowest BCUT2D eigenvalue weighted by molar-refractivity contribution is 0.0517. The summed E-state index contributed by atoms with van der Waals surface area (Å²) in [6.07, 6.45) is 2.47. The van der Waals surface area contributed by atoms with Crippen molar-refractivity contribution in [1.82, 2.24) is 14.7 Å². The third-order valence-electron chi connectivity index (χ3n) is 6.29. The van der Waals surface area contributed by atoms with Crippen molar-refractivity contribution < 1.29 is 19.1 Å². The van der Waals surface area contributed by atoms with Gasteiger partial charge < -0.3 is 14.4 Å². The van der Waals surface area contributed by atoms with Crippen molar-refractivity contribution in [3.8, 4) is 17.0 Å². The molecule has 0 radical (unpaired) electrons. The fraction of sp³-hybridized carbons (Fsp3) is 0.370. The molecule has 1 fully saturated rings. The molecule has 2 aromatic carbocycles. The van der Waals surface area contributed by atoms with Gasteiger partial charge in [0.2, 0.25) is 0 Å². The van der Waals surface area contributed by atoms with Crippen LogP contribution in [-0.4, -0.2) is 53.4 Å². The Hall–Kier alpha value is -3.61. The van der Waals surface area contributed by atoms with Crippen LogP contribution in [0.15, 0.2) is 54.6 Å². The highest BCUT2D eigenvalue weighted by Gasteiger charge is 2.28. The Balaban J connectivity index is 1.55. The highest BCUT2D eigenvalue weighted by Crippen LogP contribution is 2.31. The zero-order chi connectivity index (χ0) is 24.1. The van der Waals surface area contributed by atoms with Crippen LogP contribution in [-0.2, 0) is 11.2 Å². The molecule has 7 heteroatoms. The first-order chi connectivity index (χ1) is 16.5. The van der Waals surface area contributed by atoms with Gasteiger partial charge in [-0.1, -0.05) is 37.3 Å². The lowest BCUT2D eigenvalue weighted by Gasteiger charge is -2.33. The SMILES string of the molecule is CCOC(=O)c1cc(-c2ccc(CC)cc2)n(C2CCN(C(=O)c3cccc(OC)c3)CC2)n1. The number of esters is 1. The second kappa shape index (κ2) is 10.5. The Morgan fingerprint density at radius 2 is 1.76 bits per heavy atom. The molecule has 0 atom stereocenters. The number of carbonyl (C=O) groups excluding carboxylic acids is 2. The zero-order valence-corrected chi connectivity index (χ0v) is 20.0. The monoisotopic (exact) mass is 461 g/mol. The van der Waals surface area contributed by atoms with Crippen molar-refractivity contribution in [2.24, 2.45) is 0 Å². The molecule has 0 saturated carbocycles. The molecule has 0 spiro atoms.